The summed E-state index contributed by atoms with van der Waals surface area (Å²) in [6, 6.07) is 7.48. The van der Waals surface area contributed by atoms with Crippen LogP contribution in [-0.4, -0.2) is 52.1 Å². The van der Waals surface area contributed by atoms with Crippen LogP contribution in [-0.2, 0) is 6.54 Å². The number of pyridine rings is 1. The van der Waals surface area contributed by atoms with Crippen LogP contribution in [0.3, 0.4) is 0 Å². The van der Waals surface area contributed by atoms with Gasteiger partial charge in [0.25, 0.3) is 0 Å². The van der Waals surface area contributed by atoms with Gasteiger partial charge in [-0.05, 0) is 30.7 Å². The summed E-state index contributed by atoms with van der Waals surface area (Å²) in [6.07, 6.45) is 4.31. The molecule has 3 N–H and O–H groups in total. The normalized spacial score (nSPS) is 20.4. The number of nitrogens with two attached hydrogens (primary N) is 1. The van der Waals surface area contributed by atoms with E-state index >= 15 is 0 Å². The Morgan fingerprint density at radius 3 is 3.10 bits per heavy atom. The van der Waals surface area contributed by atoms with Crippen LogP contribution in [0.2, 0.25) is 0 Å². The summed E-state index contributed by atoms with van der Waals surface area (Å²) in [5.74, 6) is 1.33. The summed E-state index contributed by atoms with van der Waals surface area (Å²) >= 11 is 0. The fraction of sp³-hybridized carbons (Fsp3) is 0.286. The molecule has 8 heteroatoms. The standard InChI is InChI=1S/C21H21N5O3/c1-28-17-5-4-14-19(27)18(9-16-13-3-2-7-23-21(13)25-24-16)29-20(14)15(17)11-26-8-6-12(22)10-26/h2-5,7,9,12H,6,8,10-11,22H2,1H3,(H,23,24,25)/b18-9-/t12-/m1/s1. The Morgan fingerprint density at radius 1 is 1.41 bits per heavy atom. The lowest BCUT2D eigenvalue weighted by molar-refractivity contribution is 0.101. The highest BCUT2D eigenvalue weighted by Crippen LogP contribution is 2.41. The number of nitrogens with zero attached hydrogens (tertiary/aromatic N) is 3. The zero-order valence-corrected chi connectivity index (χ0v) is 16.0. The number of aromatic amines is 1. The number of fused-ring (bicyclic) bond motifs is 2. The Bertz CT molecular complexity index is 1140. The van der Waals surface area contributed by atoms with Gasteiger partial charge in [0.2, 0.25) is 5.78 Å². The number of Topliss-reactive ketones (excluding diaryl/α,β-unsaturated/α-hetero) is 1. The maximum Gasteiger partial charge on any atom is 0.232 e. The molecule has 3 aromatic rings. The van der Waals surface area contributed by atoms with Crippen LogP contribution in [0.4, 0.5) is 0 Å². The van der Waals surface area contributed by atoms with Crippen LogP contribution in [0.1, 0.15) is 28.0 Å². The third kappa shape index (κ3) is 3.06. The van der Waals surface area contributed by atoms with Crippen LogP contribution in [0.25, 0.3) is 17.1 Å². The van der Waals surface area contributed by atoms with Crippen molar-refractivity contribution in [1.29, 1.82) is 0 Å². The quantitative estimate of drug-likeness (QED) is 0.656. The first kappa shape index (κ1) is 17.8. The van der Waals surface area contributed by atoms with Crippen molar-refractivity contribution in [2.45, 2.75) is 19.0 Å². The lowest BCUT2D eigenvalue weighted by Gasteiger charge is -2.19. The average Bonchev–Trinajstić information content (AvgIpc) is 3.42. The minimum absolute atomic E-state index is 0.165. The predicted molar refractivity (Wildman–Crippen MR) is 108 cm³/mol. The molecule has 1 saturated heterocycles. The second kappa shape index (κ2) is 6.98. The van der Waals surface area contributed by atoms with E-state index in [1.165, 1.54) is 0 Å². The van der Waals surface area contributed by atoms with Gasteiger partial charge in [-0.15, -0.1) is 0 Å². The van der Waals surface area contributed by atoms with E-state index in [1.54, 1.807) is 25.4 Å². The lowest BCUT2D eigenvalue weighted by Crippen LogP contribution is -2.26. The van der Waals surface area contributed by atoms with Crippen molar-refractivity contribution in [3.63, 3.8) is 0 Å². The molecule has 1 atom stereocenters. The molecule has 4 heterocycles. The van der Waals surface area contributed by atoms with Crippen molar-refractivity contribution in [3.05, 3.63) is 53.0 Å². The fourth-order valence-electron chi connectivity index (χ4n) is 3.97. The number of likely N-dealkylation sites (tertiary alicyclic amines) is 1. The van der Waals surface area contributed by atoms with Gasteiger partial charge in [-0.2, -0.15) is 5.10 Å². The average molecular weight is 391 g/mol. The molecule has 2 aromatic heterocycles. The number of hydrogen-bond acceptors (Lipinski definition) is 7. The summed E-state index contributed by atoms with van der Waals surface area (Å²) in [4.78, 5) is 19.5. The molecule has 0 saturated carbocycles. The number of nitrogens with one attached hydrogen (secondary N) is 1. The highest BCUT2D eigenvalue weighted by Gasteiger charge is 2.33. The number of carbonyl (C=O) groups excluding carboxylic acids is 1. The highest BCUT2D eigenvalue weighted by atomic mass is 16.5. The number of aromatic nitrogens is 3. The minimum atomic E-state index is -0.165. The van der Waals surface area contributed by atoms with E-state index in [2.05, 4.69) is 20.1 Å². The van der Waals surface area contributed by atoms with Gasteiger partial charge in [0.05, 0.1) is 23.9 Å². The number of ketones is 1. The largest absolute Gasteiger partial charge is 0.496 e. The smallest absolute Gasteiger partial charge is 0.232 e. The second-order valence-corrected chi connectivity index (χ2v) is 7.36. The van der Waals surface area contributed by atoms with Gasteiger partial charge in [0, 0.05) is 43.3 Å². The van der Waals surface area contributed by atoms with E-state index in [1.807, 2.05) is 18.2 Å². The summed E-state index contributed by atoms with van der Waals surface area (Å²) < 4.78 is 11.6. The molecular formula is C21H21N5O3. The topological polar surface area (TPSA) is 106 Å². The highest BCUT2D eigenvalue weighted by molar-refractivity contribution is 6.15. The van der Waals surface area contributed by atoms with E-state index < -0.39 is 0 Å². The zero-order chi connectivity index (χ0) is 20.0. The van der Waals surface area contributed by atoms with Gasteiger partial charge in [0.1, 0.15) is 11.5 Å². The first-order valence-electron chi connectivity index (χ1n) is 9.55. The van der Waals surface area contributed by atoms with E-state index in [0.717, 1.165) is 30.5 Å². The summed E-state index contributed by atoms with van der Waals surface area (Å²) in [7, 11) is 1.62. The molecule has 0 amide bonds. The van der Waals surface area contributed by atoms with Gasteiger partial charge < -0.3 is 15.2 Å². The van der Waals surface area contributed by atoms with Crippen LogP contribution >= 0.6 is 0 Å². The number of methoxy groups -OCH3 is 1. The van der Waals surface area contributed by atoms with Crippen LogP contribution < -0.4 is 15.2 Å². The summed E-state index contributed by atoms with van der Waals surface area (Å²) in [6.45, 7) is 2.35. The van der Waals surface area contributed by atoms with Crippen molar-refractivity contribution >= 4 is 22.9 Å². The molecule has 2 aliphatic heterocycles. The van der Waals surface area contributed by atoms with Crippen molar-refractivity contribution in [1.82, 2.24) is 20.1 Å². The molecule has 148 valence electrons. The number of benzene rings is 1. The minimum Gasteiger partial charge on any atom is -0.496 e. The maximum absolute atomic E-state index is 13.0. The molecule has 2 aliphatic rings. The lowest BCUT2D eigenvalue weighted by atomic mass is 10.0. The van der Waals surface area contributed by atoms with E-state index in [9.17, 15) is 4.79 Å². The zero-order valence-electron chi connectivity index (χ0n) is 16.0. The van der Waals surface area contributed by atoms with Crippen molar-refractivity contribution in [2.75, 3.05) is 20.2 Å². The van der Waals surface area contributed by atoms with Gasteiger partial charge in [-0.3, -0.25) is 14.8 Å². The molecule has 5 rings (SSSR count). The first-order valence-corrected chi connectivity index (χ1v) is 9.55. The van der Waals surface area contributed by atoms with E-state index in [4.69, 9.17) is 15.2 Å². The Balaban J connectivity index is 1.52. The monoisotopic (exact) mass is 391 g/mol. The van der Waals surface area contributed by atoms with Crippen molar-refractivity contribution in [3.8, 4) is 11.5 Å². The van der Waals surface area contributed by atoms with Crippen LogP contribution in [0.5, 0.6) is 11.5 Å². The van der Waals surface area contributed by atoms with Crippen LogP contribution in [0.15, 0.2) is 36.2 Å². The Kier molecular flexibility index (Phi) is 4.30. The number of allylic oxidation sites excluding steroid dienone is 1. The Hall–Kier alpha value is -3.23. The Morgan fingerprint density at radius 2 is 2.31 bits per heavy atom. The maximum atomic E-state index is 13.0. The third-order valence-corrected chi connectivity index (χ3v) is 5.44. The van der Waals surface area contributed by atoms with Gasteiger partial charge in [-0.25, -0.2) is 4.98 Å². The molecule has 0 bridgehead atoms. The third-order valence-electron chi connectivity index (χ3n) is 5.44. The number of carbonyl (C=O) groups is 1. The van der Waals surface area contributed by atoms with Crippen molar-refractivity contribution in [2.24, 2.45) is 5.73 Å². The van der Waals surface area contributed by atoms with E-state index in [0.29, 0.717) is 34.9 Å². The molecule has 29 heavy (non-hydrogen) atoms. The molecule has 0 spiro atoms. The Labute approximate surface area is 167 Å². The van der Waals surface area contributed by atoms with E-state index in [-0.39, 0.29) is 17.6 Å². The number of H-pyrrole nitrogens is 1. The van der Waals surface area contributed by atoms with Gasteiger partial charge in [0.15, 0.2) is 11.4 Å². The number of rotatable bonds is 4. The molecule has 0 unspecified atom stereocenters. The molecule has 1 aromatic carbocycles. The second-order valence-electron chi connectivity index (χ2n) is 7.36. The summed E-state index contributed by atoms with van der Waals surface area (Å²) in [5, 5.41) is 7.96. The molecular weight excluding hydrogens is 370 g/mol. The summed E-state index contributed by atoms with van der Waals surface area (Å²) in [5.41, 5.74) is 8.72. The molecule has 0 radical (unpaired) electrons. The predicted octanol–water partition coefficient (Wildman–Crippen LogP) is 2.12. The van der Waals surface area contributed by atoms with Crippen molar-refractivity contribution < 1.29 is 14.3 Å². The molecule has 0 aliphatic carbocycles. The number of ether oxygens (including phenoxy) is 2. The van der Waals surface area contributed by atoms with Gasteiger partial charge in [-0.1, -0.05) is 0 Å². The first-order chi connectivity index (χ1) is 14.1. The van der Waals surface area contributed by atoms with Crippen LogP contribution in [0, 0.1) is 0 Å². The molecule has 1 fully saturated rings. The SMILES string of the molecule is COc1ccc2c(c1CN1CC[C@@H](N)C1)O/C(=C\c1n[nH]c3ncccc13)C2=O. The fourth-order valence-corrected chi connectivity index (χ4v) is 3.97. The number of hydrogen-bond donors (Lipinski definition) is 2. The molecule has 8 nitrogen and oxygen atoms in total. The van der Waals surface area contributed by atoms with Gasteiger partial charge >= 0.3 is 0 Å².